The van der Waals surface area contributed by atoms with Gasteiger partial charge in [-0.15, -0.1) is 0 Å². The molecule has 4 aliphatic rings. The number of nitrogens with zero attached hydrogens (tertiary/aromatic N) is 2. The van der Waals surface area contributed by atoms with Gasteiger partial charge in [-0.3, -0.25) is 14.4 Å². The molecule has 0 radical (unpaired) electrons. The lowest BCUT2D eigenvalue weighted by atomic mass is 9.84. The molecule has 3 aliphatic heterocycles. The number of amides is 2. The fraction of sp³-hybridized carbons (Fsp3) is 0.634. The second kappa shape index (κ2) is 14.9. The van der Waals surface area contributed by atoms with Crippen molar-refractivity contribution in [1.82, 2.24) is 15.2 Å². The first kappa shape index (κ1) is 38.5. The zero-order chi connectivity index (χ0) is 38.3. The van der Waals surface area contributed by atoms with Gasteiger partial charge < -0.3 is 34.3 Å². The lowest BCUT2D eigenvalue weighted by Crippen LogP contribution is -2.54. The van der Waals surface area contributed by atoms with Crippen molar-refractivity contribution in [2.45, 2.75) is 134 Å². The van der Waals surface area contributed by atoms with Crippen molar-refractivity contribution >= 4 is 34.7 Å². The van der Waals surface area contributed by atoms with Gasteiger partial charge in [0.2, 0.25) is 11.8 Å². The predicted octanol–water partition coefficient (Wildman–Crippen LogP) is 5.83. The summed E-state index contributed by atoms with van der Waals surface area (Å²) in [6, 6.07) is 4.47. The number of nitrogens with one attached hydrogen (secondary N) is 1. The Morgan fingerprint density at radius 2 is 1.91 bits per heavy atom. The quantitative estimate of drug-likeness (QED) is 0.274. The van der Waals surface area contributed by atoms with Crippen LogP contribution in [0.3, 0.4) is 0 Å². The molecular weight excluding hydrogens is 678 g/mol. The van der Waals surface area contributed by atoms with E-state index in [0.717, 1.165) is 19.3 Å². The Balaban J connectivity index is 1.41. The minimum Gasteiger partial charge on any atom is -0.497 e. The number of hydrogen-bond donors (Lipinski definition) is 2. The van der Waals surface area contributed by atoms with Gasteiger partial charge >= 0.3 is 11.9 Å². The van der Waals surface area contributed by atoms with Crippen molar-refractivity contribution < 1.29 is 43.2 Å². The zero-order valence-electron chi connectivity index (χ0n) is 32.2. The third-order valence-electron chi connectivity index (χ3n) is 10.9. The smallest absolute Gasteiger partial charge is 0.332 e. The molecule has 1 saturated carbocycles. The van der Waals surface area contributed by atoms with Crippen molar-refractivity contribution in [3.8, 4) is 11.5 Å². The van der Waals surface area contributed by atoms with Gasteiger partial charge in [-0.1, -0.05) is 38.8 Å². The molecule has 1 spiro atoms. The number of fused-ring (bicyclic) bond motifs is 5. The molecule has 288 valence electrons. The topological polar surface area (TPSA) is 154 Å². The molecule has 6 atom stereocenters. The Morgan fingerprint density at radius 3 is 2.60 bits per heavy atom. The average molecular weight is 734 g/mol. The number of carbonyl (C=O) groups excluding carboxylic acids is 4. The average Bonchev–Trinajstić information content (AvgIpc) is 3.66. The van der Waals surface area contributed by atoms with Gasteiger partial charge in [0.25, 0.3) is 0 Å². The standard InChI is InChI=1S/C41H55N3O9/c1-8-51-38(49)41-20-26(41)15-13-11-9-10-12-14-25(18-32(46)52-39(4,5)6)37(48)44-23-40(21-30(44)36(47)43-41)22-31(45)33-28-19-27(50-7)16-17-29(28)42-34(24(2)3)35(33)53-40/h13,15-17,19,24-26,30-31,45H,8-12,14,18,20-23H2,1-7H3,(H,43,47)/b15-13-/t25-,26-,30+,31?,40+,41-/m1/s1. The molecule has 12 nitrogen and oxygen atoms in total. The van der Waals surface area contributed by atoms with Gasteiger partial charge in [0, 0.05) is 35.6 Å². The maximum atomic E-state index is 14.8. The van der Waals surface area contributed by atoms with E-state index in [1.54, 1.807) is 34.8 Å². The number of pyridine rings is 1. The monoisotopic (exact) mass is 733 g/mol. The first-order valence-corrected chi connectivity index (χ1v) is 19.2. The number of aliphatic hydroxyl groups is 1. The number of methoxy groups -OCH3 is 1. The van der Waals surface area contributed by atoms with Gasteiger partial charge in [0.05, 0.1) is 44.0 Å². The second-order valence-electron chi connectivity index (χ2n) is 16.5. The number of rotatable bonds is 6. The molecule has 1 aliphatic carbocycles. The van der Waals surface area contributed by atoms with Crippen LogP contribution in [-0.2, 0) is 28.7 Å². The Bertz CT molecular complexity index is 1780. The number of aromatic nitrogens is 1. The van der Waals surface area contributed by atoms with Crippen LogP contribution in [0.15, 0.2) is 30.4 Å². The maximum Gasteiger partial charge on any atom is 0.332 e. The number of ether oxygens (including phenoxy) is 4. The van der Waals surface area contributed by atoms with Crippen molar-refractivity contribution in [3.05, 3.63) is 41.6 Å². The molecule has 1 aromatic heterocycles. The summed E-state index contributed by atoms with van der Waals surface area (Å²) in [6.45, 7) is 11.2. The summed E-state index contributed by atoms with van der Waals surface area (Å²) >= 11 is 0. The van der Waals surface area contributed by atoms with Crippen LogP contribution < -0.4 is 14.8 Å². The molecule has 6 rings (SSSR count). The Hall–Kier alpha value is -4.19. The van der Waals surface area contributed by atoms with Crippen LogP contribution >= 0.6 is 0 Å². The fourth-order valence-corrected chi connectivity index (χ4v) is 8.31. The third-order valence-corrected chi connectivity index (χ3v) is 10.9. The third kappa shape index (κ3) is 7.88. The van der Waals surface area contributed by atoms with E-state index in [4.69, 9.17) is 23.9 Å². The molecule has 2 amide bonds. The molecule has 53 heavy (non-hydrogen) atoms. The van der Waals surface area contributed by atoms with Crippen molar-refractivity contribution in [2.75, 3.05) is 20.3 Å². The number of benzene rings is 1. The first-order valence-electron chi connectivity index (χ1n) is 19.2. The van der Waals surface area contributed by atoms with Crippen LogP contribution in [0.4, 0.5) is 0 Å². The number of hydrogen-bond acceptors (Lipinski definition) is 10. The minimum absolute atomic E-state index is 0.00530. The van der Waals surface area contributed by atoms with Gasteiger partial charge in [-0.2, -0.15) is 0 Å². The van der Waals surface area contributed by atoms with E-state index in [0.29, 0.717) is 52.9 Å². The van der Waals surface area contributed by atoms with E-state index in [9.17, 15) is 24.3 Å². The lowest BCUT2D eigenvalue weighted by molar-refractivity contribution is -0.159. The molecule has 2 fully saturated rings. The molecule has 2 N–H and O–H groups in total. The van der Waals surface area contributed by atoms with Crippen LogP contribution in [-0.4, -0.2) is 81.8 Å². The largest absolute Gasteiger partial charge is 0.497 e. The summed E-state index contributed by atoms with van der Waals surface area (Å²) in [7, 11) is 1.58. The fourth-order valence-electron chi connectivity index (χ4n) is 8.31. The highest BCUT2D eigenvalue weighted by molar-refractivity contribution is 5.96. The molecule has 12 heteroatoms. The number of allylic oxidation sites excluding steroid dienone is 1. The van der Waals surface area contributed by atoms with Crippen molar-refractivity contribution in [1.29, 1.82) is 0 Å². The summed E-state index contributed by atoms with van der Waals surface area (Å²) in [5.74, 6) is -1.84. The van der Waals surface area contributed by atoms with Gasteiger partial charge in [0.15, 0.2) is 0 Å². The maximum absolute atomic E-state index is 14.8. The van der Waals surface area contributed by atoms with Crippen LogP contribution in [0.1, 0.15) is 123 Å². The van der Waals surface area contributed by atoms with E-state index in [1.807, 2.05) is 44.2 Å². The number of aliphatic hydroxyl groups excluding tert-OH is 1. The SMILES string of the molecule is CCOC(=O)[C@@]12C[C@H]1/C=C\CCCCC[C@H](CC(=O)OC(C)(C)C)C(=O)N1C[C@@]3(CC(O)c4c(c(C(C)C)nc5ccc(OC)cc45)O3)C[C@H]1C(=O)N2. The Kier molecular flexibility index (Phi) is 10.8. The molecular formula is C41H55N3O9. The molecule has 0 bridgehead atoms. The van der Waals surface area contributed by atoms with Crippen molar-refractivity contribution in [3.63, 3.8) is 0 Å². The van der Waals surface area contributed by atoms with Gasteiger partial charge in [-0.05, 0) is 77.5 Å². The normalized spacial score (nSPS) is 29.6. The van der Waals surface area contributed by atoms with Crippen LogP contribution in [0.5, 0.6) is 11.5 Å². The molecule has 4 heterocycles. The highest BCUT2D eigenvalue weighted by Gasteiger charge is 2.63. The van der Waals surface area contributed by atoms with E-state index >= 15 is 0 Å². The predicted molar refractivity (Wildman–Crippen MR) is 197 cm³/mol. The summed E-state index contributed by atoms with van der Waals surface area (Å²) < 4.78 is 23.6. The van der Waals surface area contributed by atoms with E-state index in [1.165, 1.54) is 4.90 Å². The Labute approximate surface area is 312 Å². The van der Waals surface area contributed by atoms with Crippen molar-refractivity contribution in [2.24, 2.45) is 11.8 Å². The van der Waals surface area contributed by atoms with Gasteiger partial charge in [0.1, 0.15) is 34.3 Å². The summed E-state index contributed by atoms with van der Waals surface area (Å²) in [5.41, 5.74) is -1.18. The first-order chi connectivity index (χ1) is 25.1. The zero-order valence-corrected chi connectivity index (χ0v) is 32.2. The van der Waals surface area contributed by atoms with Crippen LogP contribution in [0, 0.1) is 11.8 Å². The van der Waals surface area contributed by atoms with E-state index < -0.39 is 52.7 Å². The molecule has 1 aromatic carbocycles. The lowest BCUT2D eigenvalue weighted by Gasteiger charge is -2.39. The number of esters is 2. The Morgan fingerprint density at radius 1 is 1.13 bits per heavy atom. The van der Waals surface area contributed by atoms with Crippen LogP contribution in [0.2, 0.25) is 0 Å². The summed E-state index contributed by atoms with van der Waals surface area (Å²) in [4.78, 5) is 62.4. The van der Waals surface area contributed by atoms with Gasteiger partial charge in [-0.25, -0.2) is 9.78 Å². The highest BCUT2D eigenvalue weighted by Crippen LogP contribution is 2.51. The second-order valence-corrected chi connectivity index (χ2v) is 16.5. The number of carbonyl (C=O) groups is 4. The van der Waals surface area contributed by atoms with E-state index in [2.05, 4.69) is 5.32 Å². The summed E-state index contributed by atoms with van der Waals surface area (Å²) in [5, 5.41) is 15.7. The molecule has 2 aromatic rings. The molecule has 1 saturated heterocycles. The molecule has 1 unspecified atom stereocenters. The van der Waals surface area contributed by atoms with E-state index in [-0.39, 0.29) is 50.2 Å². The minimum atomic E-state index is -1.24. The summed E-state index contributed by atoms with van der Waals surface area (Å²) in [6.07, 6.45) is 7.11. The highest BCUT2D eigenvalue weighted by atomic mass is 16.6. The van der Waals surface area contributed by atoms with Crippen LogP contribution in [0.25, 0.3) is 10.9 Å².